The van der Waals surface area contributed by atoms with E-state index in [0.717, 1.165) is 16.8 Å². The number of nitro groups is 1. The molecule has 1 heterocycles. The first-order valence-electron chi connectivity index (χ1n) is 8.16. The van der Waals surface area contributed by atoms with Crippen LogP contribution in [0, 0.1) is 10.1 Å². The van der Waals surface area contributed by atoms with Gasteiger partial charge in [-0.3, -0.25) is 14.9 Å². The highest BCUT2D eigenvalue weighted by atomic mass is 16.6. The molecular formula is C19H19N3O3. The molecule has 1 aliphatic heterocycles. The largest absolute Gasteiger partial charge is 0.329 e. The monoisotopic (exact) mass is 337 g/mol. The van der Waals surface area contributed by atoms with Crippen molar-refractivity contribution >= 4 is 22.9 Å². The molecule has 25 heavy (non-hydrogen) atoms. The standard InChI is InChI=1S/C19H19N3O3/c20-12-13-21-18-7-2-1-5-16(18)17(19(21)23)6-3-4-14-8-10-15(11-9-14)22(24)25/h1-2,5-11H,3-4,12-13,20H2/b17-6+. The maximum atomic E-state index is 12.6. The Morgan fingerprint density at radius 1 is 1.12 bits per heavy atom. The summed E-state index contributed by atoms with van der Waals surface area (Å²) in [5, 5.41) is 10.7. The number of benzene rings is 2. The highest BCUT2D eigenvalue weighted by Crippen LogP contribution is 2.36. The number of allylic oxidation sites excluding steroid dienone is 1. The number of carbonyl (C=O) groups excluding carboxylic acids is 1. The van der Waals surface area contributed by atoms with Crippen LogP contribution >= 0.6 is 0 Å². The van der Waals surface area contributed by atoms with Gasteiger partial charge in [0.25, 0.3) is 11.6 Å². The Morgan fingerprint density at radius 2 is 1.84 bits per heavy atom. The number of para-hydroxylation sites is 1. The molecule has 0 saturated carbocycles. The Balaban J connectivity index is 1.75. The van der Waals surface area contributed by atoms with Crippen LogP contribution in [0.2, 0.25) is 0 Å². The first kappa shape index (κ1) is 16.9. The smallest absolute Gasteiger partial charge is 0.269 e. The summed E-state index contributed by atoms with van der Waals surface area (Å²) in [6, 6.07) is 14.2. The maximum Gasteiger partial charge on any atom is 0.269 e. The molecule has 2 N–H and O–H groups in total. The number of hydrogen-bond donors (Lipinski definition) is 1. The second-order valence-corrected chi connectivity index (χ2v) is 5.84. The zero-order valence-electron chi connectivity index (χ0n) is 13.7. The maximum absolute atomic E-state index is 12.6. The average Bonchev–Trinajstić information content (AvgIpc) is 2.88. The number of anilines is 1. The molecular weight excluding hydrogens is 318 g/mol. The molecule has 0 fully saturated rings. The molecule has 0 bridgehead atoms. The Hall–Kier alpha value is -2.99. The second-order valence-electron chi connectivity index (χ2n) is 5.84. The molecule has 1 amide bonds. The van der Waals surface area contributed by atoms with Crippen molar-refractivity contribution in [1.29, 1.82) is 0 Å². The molecule has 0 atom stereocenters. The van der Waals surface area contributed by atoms with Crippen molar-refractivity contribution in [2.24, 2.45) is 5.73 Å². The molecule has 1 aliphatic rings. The van der Waals surface area contributed by atoms with E-state index in [2.05, 4.69) is 0 Å². The molecule has 0 saturated heterocycles. The van der Waals surface area contributed by atoms with E-state index in [-0.39, 0.29) is 11.6 Å². The van der Waals surface area contributed by atoms with Gasteiger partial charge < -0.3 is 10.6 Å². The highest BCUT2D eigenvalue weighted by Gasteiger charge is 2.30. The summed E-state index contributed by atoms with van der Waals surface area (Å²) in [7, 11) is 0. The van der Waals surface area contributed by atoms with Crippen LogP contribution in [0.25, 0.3) is 5.57 Å². The van der Waals surface area contributed by atoms with Gasteiger partial charge in [0.15, 0.2) is 0 Å². The Labute approximate surface area is 145 Å². The normalized spacial score (nSPS) is 14.8. The number of rotatable bonds is 6. The lowest BCUT2D eigenvalue weighted by Crippen LogP contribution is -2.31. The summed E-state index contributed by atoms with van der Waals surface area (Å²) in [5.74, 6) is -0.0182. The number of non-ortho nitro benzene ring substituents is 1. The van der Waals surface area contributed by atoms with Gasteiger partial charge in [-0.05, 0) is 24.5 Å². The van der Waals surface area contributed by atoms with Gasteiger partial charge in [-0.25, -0.2) is 0 Å². The van der Waals surface area contributed by atoms with Crippen molar-refractivity contribution in [3.8, 4) is 0 Å². The third kappa shape index (κ3) is 3.44. The molecule has 3 rings (SSSR count). The van der Waals surface area contributed by atoms with E-state index < -0.39 is 4.92 Å². The molecule has 6 heteroatoms. The second kappa shape index (κ2) is 7.27. The Bertz CT molecular complexity index is 828. The first-order valence-corrected chi connectivity index (χ1v) is 8.16. The van der Waals surface area contributed by atoms with Gasteiger partial charge in [-0.2, -0.15) is 0 Å². The van der Waals surface area contributed by atoms with Crippen LogP contribution in [0.3, 0.4) is 0 Å². The van der Waals surface area contributed by atoms with E-state index in [1.165, 1.54) is 12.1 Å². The highest BCUT2D eigenvalue weighted by molar-refractivity contribution is 6.32. The van der Waals surface area contributed by atoms with E-state index in [4.69, 9.17) is 5.73 Å². The molecule has 128 valence electrons. The molecule has 2 aromatic carbocycles. The van der Waals surface area contributed by atoms with Gasteiger partial charge in [0.1, 0.15) is 0 Å². The van der Waals surface area contributed by atoms with Crippen molar-refractivity contribution in [2.75, 3.05) is 18.0 Å². The van der Waals surface area contributed by atoms with Gasteiger partial charge in [-0.15, -0.1) is 0 Å². The SMILES string of the molecule is NCCN1C(=O)/C(=C/CCc2ccc([N+](=O)[O-])cc2)c2ccccc21. The zero-order valence-corrected chi connectivity index (χ0v) is 13.7. The van der Waals surface area contributed by atoms with Gasteiger partial charge in [0, 0.05) is 36.4 Å². The van der Waals surface area contributed by atoms with Crippen LogP contribution in [0.1, 0.15) is 17.5 Å². The fourth-order valence-electron chi connectivity index (χ4n) is 3.02. The van der Waals surface area contributed by atoms with Crippen LogP contribution in [0.4, 0.5) is 11.4 Å². The van der Waals surface area contributed by atoms with Crippen molar-refractivity contribution in [3.63, 3.8) is 0 Å². The number of amides is 1. The van der Waals surface area contributed by atoms with Gasteiger partial charge >= 0.3 is 0 Å². The van der Waals surface area contributed by atoms with Crippen molar-refractivity contribution in [1.82, 2.24) is 0 Å². The minimum absolute atomic E-state index is 0.0182. The Morgan fingerprint density at radius 3 is 2.52 bits per heavy atom. The number of nitrogens with two attached hydrogens (primary N) is 1. The van der Waals surface area contributed by atoms with Crippen LogP contribution < -0.4 is 10.6 Å². The van der Waals surface area contributed by atoms with Crippen LogP contribution in [0.15, 0.2) is 54.6 Å². The quantitative estimate of drug-likeness (QED) is 0.498. The summed E-state index contributed by atoms with van der Waals surface area (Å²) in [4.78, 5) is 24.6. The predicted octanol–water partition coefficient (Wildman–Crippen LogP) is 2.92. The molecule has 0 aromatic heterocycles. The number of fused-ring (bicyclic) bond motifs is 1. The molecule has 6 nitrogen and oxygen atoms in total. The summed E-state index contributed by atoms with van der Waals surface area (Å²) in [5.41, 5.74) is 9.24. The topological polar surface area (TPSA) is 89.5 Å². The molecule has 0 radical (unpaired) electrons. The number of hydrogen-bond acceptors (Lipinski definition) is 4. The molecule has 2 aromatic rings. The van der Waals surface area contributed by atoms with Crippen LogP contribution in [-0.4, -0.2) is 23.9 Å². The third-order valence-electron chi connectivity index (χ3n) is 4.24. The van der Waals surface area contributed by atoms with Crippen molar-refractivity contribution < 1.29 is 9.72 Å². The fraction of sp³-hybridized carbons (Fsp3) is 0.211. The van der Waals surface area contributed by atoms with E-state index >= 15 is 0 Å². The zero-order chi connectivity index (χ0) is 17.8. The lowest BCUT2D eigenvalue weighted by molar-refractivity contribution is -0.384. The summed E-state index contributed by atoms with van der Waals surface area (Å²) in [6.45, 7) is 0.908. The predicted molar refractivity (Wildman–Crippen MR) is 97.2 cm³/mol. The first-order chi connectivity index (χ1) is 12.1. The number of carbonyl (C=O) groups is 1. The molecule has 0 unspecified atom stereocenters. The lowest BCUT2D eigenvalue weighted by Gasteiger charge is -2.15. The minimum atomic E-state index is -0.411. The van der Waals surface area contributed by atoms with Gasteiger partial charge in [-0.1, -0.05) is 36.4 Å². The van der Waals surface area contributed by atoms with E-state index in [0.29, 0.717) is 31.5 Å². The minimum Gasteiger partial charge on any atom is -0.329 e. The van der Waals surface area contributed by atoms with Crippen LogP contribution in [0.5, 0.6) is 0 Å². The fourth-order valence-corrected chi connectivity index (χ4v) is 3.02. The average molecular weight is 337 g/mol. The number of nitrogens with zero attached hydrogens (tertiary/aromatic N) is 2. The Kier molecular flexibility index (Phi) is 4.90. The molecule has 0 aliphatic carbocycles. The summed E-state index contributed by atoms with van der Waals surface area (Å²) < 4.78 is 0. The number of aryl methyl sites for hydroxylation is 1. The lowest BCUT2D eigenvalue weighted by atomic mass is 10.0. The van der Waals surface area contributed by atoms with Crippen molar-refractivity contribution in [3.05, 3.63) is 75.8 Å². The van der Waals surface area contributed by atoms with E-state index in [1.807, 2.05) is 30.3 Å². The molecule has 0 spiro atoms. The van der Waals surface area contributed by atoms with Gasteiger partial charge in [0.2, 0.25) is 0 Å². The van der Waals surface area contributed by atoms with Crippen molar-refractivity contribution in [2.45, 2.75) is 12.8 Å². The van der Waals surface area contributed by atoms with E-state index in [9.17, 15) is 14.9 Å². The number of nitro benzene ring substituents is 1. The summed E-state index contributed by atoms with van der Waals surface area (Å²) >= 11 is 0. The third-order valence-corrected chi connectivity index (χ3v) is 4.24. The van der Waals surface area contributed by atoms with E-state index in [1.54, 1.807) is 17.0 Å². The van der Waals surface area contributed by atoms with Crippen LogP contribution in [-0.2, 0) is 11.2 Å². The summed E-state index contributed by atoms with van der Waals surface area (Å²) in [6.07, 6.45) is 3.34. The van der Waals surface area contributed by atoms with Gasteiger partial charge in [0.05, 0.1) is 10.6 Å².